The van der Waals surface area contributed by atoms with E-state index in [0.29, 0.717) is 40.4 Å². The summed E-state index contributed by atoms with van der Waals surface area (Å²) in [6, 6.07) is 7.47. The molecule has 0 bridgehead atoms. The van der Waals surface area contributed by atoms with E-state index in [1.165, 1.54) is 0 Å². The van der Waals surface area contributed by atoms with Gasteiger partial charge >= 0.3 is 0 Å². The van der Waals surface area contributed by atoms with Crippen LogP contribution in [-0.2, 0) is 11.0 Å². The number of nitrogen functional groups attached to an aromatic ring is 1. The number of halogens is 2. The second-order valence-corrected chi connectivity index (χ2v) is 11.6. The molecule has 1 aromatic heterocycles. The fraction of sp³-hybridized carbons (Fsp3) is 0.458. The van der Waals surface area contributed by atoms with Gasteiger partial charge in [0.1, 0.15) is 18.2 Å². The van der Waals surface area contributed by atoms with Crippen LogP contribution in [0.4, 0.5) is 11.5 Å². The van der Waals surface area contributed by atoms with Crippen LogP contribution in [0.5, 0.6) is 5.75 Å². The van der Waals surface area contributed by atoms with E-state index in [1.54, 1.807) is 18.3 Å². The van der Waals surface area contributed by atoms with Crippen molar-refractivity contribution >= 4 is 45.7 Å². The minimum Gasteiger partial charge on any atom is -0.489 e. The van der Waals surface area contributed by atoms with Crippen LogP contribution in [0.3, 0.4) is 0 Å². The largest absolute Gasteiger partial charge is 0.489 e. The number of nitrogens with zero attached hydrogens (tertiary/aromatic N) is 2. The van der Waals surface area contributed by atoms with E-state index in [-0.39, 0.29) is 5.92 Å². The number of rotatable bonds is 9. The van der Waals surface area contributed by atoms with Gasteiger partial charge in [0.05, 0.1) is 37.7 Å². The minimum atomic E-state index is -1.48. The quantitative estimate of drug-likeness (QED) is 0.444. The lowest BCUT2D eigenvalue weighted by molar-refractivity contribution is 0.296. The van der Waals surface area contributed by atoms with Crippen LogP contribution in [-0.4, -0.2) is 33.6 Å². The Morgan fingerprint density at radius 1 is 1.30 bits per heavy atom. The Labute approximate surface area is 208 Å². The Hall–Kier alpha value is -1.80. The van der Waals surface area contributed by atoms with Gasteiger partial charge in [-0.25, -0.2) is 9.19 Å². The first-order valence-corrected chi connectivity index (χ1v) is 12.9. The van der Waals surface area contributed by atoms with E-state index in [2.05, 4.69) is 16.5 Å². The molecule has 1 unspecified atom stereocenters. The first-order chi connectivity index (χ1) is 15.6. The van der Waals surface area contributed by atoms with Gasteiger partial charge in [-0.3, -0.25) is 5.14 Å². The monoisotopic (exact) mass is 510 g/mol. The summed E-state index contributed by atoms with van der Waals surface area (Å²) in [5, 5.41) is 6.77. The van der Waals surface area contributed by atoms with E-state index >= 15 is 0 Å². The van der Waals surface area contributed by atoms with Crippen LogP contribution in [0.2, 0.25) is 10.0 Å². The van der Waals surface area contributed by atoms with Gasteiger partial charge in [-0.1, -0.05) is 35.9 Å². The molecular weight excluding hydrogens is 479 g/mol. The normalized spacial score (nSPS) is 16.9. The molecule has 0 saturated carbocycles. The van der Waals surface area contributed by atoms with Gasteiger partial charge in [-0.15, -0.1) is 0 Å². The van der Waals surface area contributed by atoms with Crippen molar-refractivity contribution in [3.8, 4) is 5.75 Å². The third-order valence-electron chi connectivity index (χ3n) is 6.27. The lowest BCUT2D eigenvalue weighted by Gasteiger charge is -2.39. The predicted octanol–water partition coefficient (Wildman–Crippen LogP) is 5.33. The lowest BCUT2D eigenvalue weighted by atomic mass is 9.75. The third kappa shape index (κ3) is 6.41. The molecule has 0 spiro atoms. The Morgan fingerprint density at radius 2 is 1.97 bits per heavy atom. The fourth-order valence-corrected chi connectivity index (χ4v) is 5.03. The van der Waals surface area contributed by atoms with Gasteiger partial charge in [0, 0.05) is 19.2 Å². The Morgan fingerprint density at radius 3 is 2.55 bits per heavy atom. The Bertz CT molecular complexity index is 993. The van der Waals surface area contributed by atoms with E-state index in [1.807, 2.05) is 32.0 Å². The molecule has 0 amide bonds. The zero-order chi connectivity index (χ0) is 24.2. The fourth-order valence-electron chi connectivity index (χ4n) is 4.37. The molecule has 1 aliphatic heterocycles. The molecule has 3 rings (SSSR count). The average molecular weight is 512 g/mol. The number of pyridine rings is 1. The molecule has 1 aliphatic rings. The van der Waals surface area contributed by atoms with Crippen LogP contribution >= 0.6 is 23.2 Å². The molecule has 1 aromatic carbocycles. The molecule has 180 valence electrons. The van der Waals surface area contributed by atoms with Crippen LogP contribution < -0.4 is 20.5 Å². The maximum absolute atomic E-state index is 12.3. The zero-order valence-electron chi connectivity index (χ0n) is 19.1. The van der Waals surface area contributed by atoms with E-state index < -0.39 is 15.7 Å². The van der Waals surface area contributed by atoms with E-state index in [9.17, 15) is 4.21 Å². The third-order valence-corrected chi connectivity index (χ3v) is 8.25. The standard InChI is InChI=1S/C24H32Cl2N4O2S/c1-4-11-32-22-13-21(26)20(25)12-18(22)19(14-24(2,3)33(28)31)16-7-9-30(10-8-16)23-6-5-17(27)15-29-23/h4-6,12-13,15-16,19H,1,7-11,14,27-28H2,2-3H3/t19-,33?/m1/s1. The van der Waals surface area contributed by atoms with E-state index in [4.69, 9.17) is 38.8 Å². The highest BCUT2D eigenvalue weighted by molar-refractivity contribution is 7.84. The van der Waals surface area contributed by atoms with Crippen LogP contribution in [0.25, 0.3) is 0 Å². The molecule has 2 atom stereocenters. The maximum atomic E-state index is 12.3. The van der Waals surface area contributed by atoms with Crippen molar-refractivity contribution in [2.45, 2.75) is 43.8 Å². The minimum absolute atomic E-state index is 0.0450. The van der Waals surface area contributed by atoms with Crippen molar-refractivity contribution in [2.75, 3.05) is 30.3 Å². The van der Waals surface area contributed by atoms with Gasteiger partial charge in [-0.05, 0) is 68.7 Å². The Balaban J connectivity index is 1.91. The van der Waals surface area contributed by atoms with Crippen molar-refractivity contribution in [2.24, 2.45) is 11.1 Å². The molecular formula is C24H32Cl2N4O2S. The first-order valence-electron chi connectivity index (χ1n) is 11.0. The number of benzene rings is 1. The molecule has 2 aromatic rings. The summed E-state index contributed by atoms with van der Waals surface area (Å²) in [6.07, 6.45) is 5.88. The lowest BCUT2D eigenvalue weighted by Crippen LogP contribution is -2.39. The van der Waals surface area contributed by atoms with Gasteiger partial charge in [-0.2, -0.15) is 0 Å². The predicted molar refractivity (Wildman–Crippen MR) is 140 cm³/mol. The van der Waals surface area contributed by atoms with Crippen molar-refractivity contribution in [3.05, 3.63) is 58.7 Å². The number of anilines is 2. The number of nitrogens with two attached hydrogens (primary N) is 2. The van der Waals surface area contributed by atoms with Crippen molar-refractivity contribution in [1.82, 2.24) is 4.98 Å². The van der Waals surface area contributed by atoms with Gasteiger partial charge in [0.2, 0.25) is 0 Å². The molecule has 9 heteroatoms. The number of aromatic nitrogens is 1. The van der Waals surface area contributed by atoms with E-state index in [0.717, 1.165) is 37.3 Å². The van der Waals surface area contributed by atoms with Gasteiger partial charge < -0.3 is 15.4 Å². The summed E-state index contributed by atoms with van der Waals surface area (Å²) in [5.74, 6) is 1.97. The highest BCUT2D eigenvalue weighted by Gasteiger charge is 2.36. The van der Waals surface area contributed by atoms with Crippen LogP contribution in [0.1, 0.15) is 44.6 Å². The second kappa shape index (κ2) is 11.1. The summed E-state index contributed by atoms with van der Waals surface area (Å²) in [4.78, 5) is 6.73. The number of hydrogen-bond acceptors (Lipinski definition) is 5. The molecule has 0 aliphatic carbocycles. The molecule has 1 fully saturated rings. The summed E-state index contributed by atoms with van der Waals surface area (Å²) in [5.41, 5.74) is 7.40. The topological polar surface area (TPSA) is 94.5 Å². The average Bonchev–Trinajstić information content (AvgIpc) is 2.79. The van der Waals surface area contributed by atoms with Crippen LogP contribution in [0.15, 0.2) is 43.1 Å². The highest BCUT2D eigenvalue weighted by atomic mass is 35.5. The summed E-state index contributed by atoms with van der Waals surface area (Å²) < 4.78 is 17.7. The number of hydrogen-bond donors (Lipinski definition) is 2. The smallest absolute Gasteiger partial charge is 0.128 e. The second-order valence-electron chi connectivity index (χ2n) is 9.05. The zero-order valence-corrected chi connectivity index (χ0v) is 21.4. The maximum Gasteiger partial charge on any atom is 0.128 e. The molecule has 0 radical (unpaired) electrons. The summed E-state index contributed by atoms with van der Waals surface area (Å²) in [6.45, 7) is 9.68. The first kappa shape index (κ1) is 25.8. The molecule has 1 saturated heterocycles. The summed E-state index contributed by atoms with van der Waals surface area (Å²) >= 11 is 12.7. The van der Waals surface area contributed by atoms with Crippen LogP contribution in [0, 0.1) is 5.92 Å². The highest BCUT2D eigenvalue weighted by Crippen LogP contribution is 2.45. The molecule has 2 heterocycles. The van der Waals surface area contributed by atoms with Crippen molar-refractivity contribution in [1.29, 1.82) is 0 Å². The van der Waals surface area contributed by atoms with Crippen molar-refractivity contribution in [3.63, 3.8) is 0 Å². The SMILES string of the molecule is C=CCOc1cc(Cl)c(Cl)cc1[C@H](CC(C)(C)S(N)=O)C1CCN(c2ccc(N)cn2)CC1. The van der Waals surface area contributed by atoms with Gasteiger partial charge in [0.15, 0.2) is 0 Å². The van der Waals surface area contributed by atoms with Gasteiger partial charge in [0.25, 0.3) is 0 Å². The number of ether oxygens (including phenoxy) is 1. The summed E-state index contributed by atoms with van der Waals surface area (Å²) in [7, 11) is -1.48. The molecule has 6 nitrogen and oxygen atoms in total. The van der Waals surface area contributed by atoms with Crippen molar-refractivity contribution < 1.29 is 8.95 Å². The number of piperidine rings is 1. The molecule has 4 N–H and O–H groups in total. The molecule has 33 heavy (non-hydrogen) atoms. The Kier molecular flexibility index (Phi) is 8.67.